The number of carbonyl (C=O) groups is 3. The number of aromatic nitrogens is 2. The van der Waals surface area contributed by atoms with Crippen LogP contribution >= 0.6 is 11.3 Å². The van der Waals surface area contributed by atoms with Gasteiger partial charge in [0.15, 0.2) is 5.78 Å². The molecule has 12 heteroatoms. The Hall–Kier alpha value is -3.58. The predicted molar refractivity (Wildman–Crippen MR) is 148 cm³/mol. The number of ketones is 1. The first kappa shape index (κ1) is 25.7. The number of morpholine rings is 1. The largest absolute Gasteiger partial charge is 0.379 e. The number of aromatic amines is 1. The molecule has 1 aliphatic carbocycles. The summed E-state index contributed by atoms with van der Waals surface area (Å²) in [4.78, 5) is 42.7. The van der Waals surface area contributed by atoms with E-state index in [1.54, 1.807) is 23.2 Å². The Labute approximate surface area is 229 Å². The number of H-pyrrole nitrogens is 1. The van der Waals surface area contributed by atoms with E-state index in [1.807, 2.05) is 12.1 Å². The van der Waals surface area contributed by atoms with E-state index in [1.165, 1.54) is 30.6 Å². The molecule has 4 N–H and O–H groups in total. The summed E-state index contributed by atoms with van der Waals surface area (Å²) in [6.07, 6.45) is 3.73. The zero-order valence-corrected chi connectivity index (χ0v) is 22.4. The van der Waals surface area contributed by atoms with Crippen LogP contribution in [0.25, 0.3) is 21.8 Å². The smallest absolute Gasteiger partial charge is 0.333 e. The van der Waals surface area contributed by atoms with Crippen LogP contribution in [0, 0.1) is 0 Å². The molecule has 0 spiro atoms. The Bertz CT molecular complexity index is 1390. The molecule has 39 heavy (non-hydrogen) atoms. The van der Waals surface area contributed by atoms with E-state index in [9.17, 15) is 14.4 Å². The third-order valence-electron chi connectivity index (χ3n) is 7.30. The number of likely N-dealkylation sites (tertiary alicyclic amines) is 1. The van der Waals surface area contributed by atoms with Gasteiger partial charge in [-0.3, -0.25) is 20.1 Å². The van der Waals surface area contributed by atoms with E-state index in [-0.39, 0.29) is 11.7 Å². The van der Waals surface area contributed by atoms with Gasteiger partial charge in [-0.2, -0.15) is 5.10 Å². The highest BCUT2D eigenvalue weighted by molar-refractivity contribution is 7.17. The van der Waals surface area contributed by atoms with Crippen LogP contribution in [0.5, 0.6) is 0 Å². The van der Waals surface area contributed by atoms with E-state index in [4.69, 9.17) is 4.74 Å². The fourth-order valence-electron chi connectivity index (χ4n) is 5.32. The lowest BCUT2D eigenvalue weighted by molar-refractivity contribution is 0.0207. The van der Waals surface area contributed by atoms with Crippen LogP contribution < -0.4 is 16.1 Å². The lowest BCUT2D eigenvalue weighted by atomic mass is 10.1. The van der Waals surface area contributed by atoms with Crippen molar-refractivity contribution in [2.24, 2.45) is 0 Å². The number of anilines is 1. The highest BCUT2D eigenvalue weighted by atomic mass is 32.1. The van der Waals surface area contributed by atoms with Crippen LogP contribution in [0.3, 0.4) is 0 Å². The molecule has 0 bridgehead atoms. The average Bonchev–Trinajstić information content (AvgIpc) is 3.67. The lowest BCUT2D eigenvalue weighted by Crippen LogP contribution is -2.49. The van der Waals surface area contributed by atoms with E-state index in [2.05, 4.69) is 31.2 Å². The number of hydrazine groups is 1. The molecule has 0 atom stereocenters. The second-order valence-electron chi connectivity index (χ2n) is 9.87. The van der Waals surface area contributed by atoms with Crippen molar-refractivity contribution in [1.82, 2.24) is 30.8 Å². The molecule has 0 radical (unpaired) electrons. The Kier molecular flexibility index (Phi) is 7.42. The molecule has 3 aliphatic rings. The number of thiophene rings is 1. The van der Waals surface area contributed by atoms with Gasteiger partial charge in [0.1, 0.15) is 5.69 Å². The minimum Gasteiger partial charge on any atom is -0.379 e. The molecule has 1 aromatic carbocycles. The summed E-state index contributed by atoms with van der Waals surface area (Å²) in [5.41, 5.74) is 5.91. The van der Waals surface area contributed by atoms with Crippen LogP contribution in [0.15, 0.2) is 30.3 Å². The van der Waals surface area contributed by atoms with Gasteiger partial charge < -0.3 is 20.3 Å². The number of carbonyl (C=O) groups excluding carboxylic acids is 3. The van der Waals surface area contributed by atoms with Gasteiger partial charge >= 0.3 is 6.03 Å². The number of piperidine rings is 1. The molecule has 204 valence electrons. The molecular weight excluding hydrogens is 518 g/mol. The Morgan fingerprint density at radius 3 is 2.67 bits per heavy atom. The molecule has 2 aromatic heterocycles. The Morgan fingerprint density at radius 1 is 1.03 bits per heavy atom. The molecule has 0 unspecified atom stereocenters. The fraction of sp³-hybridized carbons (Fsp3) is 0.407. The number of benzene rings is 1. The molecule has 2 saturated heterocycles. The normalized spacial score (nSPS) is 17.5. The van der Waals surface area contributed by atoms with Crippen molar-refractivity contribution in [1.29, 1.82) is 0 Å². The van der Waals surface area contributed by atoms with Gasteiger partial charge in [0, 0.05) is 31.7 Å². The number of nitrogens with one attached hydrogen (secondary N) is 4. The average molecular weight is 550 g/mol. The number of hydrogen-bond acceptors (Lipinski definition) is 8. The topological polar surface area (TPSA) is 132 Å². The quantitative estimate of drug-likeness (QED) is 0.279. The molecule has 2 aliphatic heterocycles. The van der Waals surface area contributed by atoms with Gasteiger partial charge in [0.25, 0.3) is 5.91 Å². The maximum atomic E-state index is 13.6. The van der Waals surface area contributed by atoms with Crippen molar-refractivity contribution >= 4 is 34.7 Å². The van der Waals surface area contributed by atoms with Crippen molar-refractivity contribution in [2.75, 3.05) is 57.8 Å². The van der Waals surface area contributed by atoms with Crippen molar-refractivity contribution in [2.45, 2.75) is 19.3 Å². The van der Waals surface area contributed by atoms with Crippen LogP contribution in [0.1, 0.15) is 44.9 Å². The molecule has 0 saturated carbocycles. The zero-order chi connectivity index (χ0) is 26.8. The van der Waals surface area contributed by atoms with E-state index >= 15 is 0 Å². The number of rotatable bonds is 7. The summed E-state index contributed by atoms with van der Waals surface area (Å²) < 4.78 is 5.31. The van der Waals surface area contributed by atoms with Crippen LogP contribution in [-0.4, -0.2) is 90.3 Å². The molecule has 11 nitrogen and oxygen atoms in total. The van der Waals surface area contributed by atoms with Gasteiger partial charge in [0.05, 0.1) is 45.5 Å². The first-order valence-corrected chi connectivity index (χ1v) is 14.2. The van der Waals surface area contributed by atoms with Gasteiger partial charge in [-0.25, -0.2) is 9.80 Å². The van der Waals surface area contributed by atoms with Gasteiger partial charge in [0.2, 0.25) is 0 Å². The number of nitrogens with zero attached hydrogens (tertiary/aromatic N) is 3. The first-order valence-electron chi connectivity index (χ1n) is 13.4. The highest BCUT2D eigenvalue weighted by Crippen LogP contribution is 2.44. The predicted octanol–water partition coefficient (Wildman–Crippen LogP) is 2.93. The maximum Gasteiger partial charge on any atom is 0.333 e. The van der Waals surface area contributed by atoms with E-state index in [0.717, 1.165) is 24.5 Å². The van der Waals surface area contributed by atoms with E-state index < -0.39 is 6.03 Å². The number of hydrogen-bond donors (Lipinski definition) is 4. The molecule has 3 aromatic rings. The summed E-state index contributed by atoms with van der Waals surface area (Å²) in [6, 6.07) is 8.52. The summed E-state index contributed by atoms with van der Waals surface area (Å²) >= 11 is 1.31. The molecule has 3 amide bonds. The Morgan fingerprint density at radius 2 is 1.85 bits per heavy atom. The number of ether oxygens (including phenoxy) is 1. The van der Waals surface area contributed by atoms with Gasteiger partial charge in [-0.15, -0.1) is 11.3 Å². The van der Waals surface area contributed by atoms with Crippen LogP contribution in [0.4, 0.5) is 10.5 Å². The SMILES string of the molecule is O=C(Nc1cccc2c1C(=O)c1c(-c3ccc(C(=O)NCCN4CCCCC4)s3)n[nH]c1-2)NN1CCOCC1. The van der Waals surface area contributed by atoms with Crippen LogP contribution in [0.2, 0.25) is 0 Å². The summed E-state index contributed by atoms with van der Waals surface area (Å²) in [5, 5.41) is 15.1. The van der Waals surface area contributed by atoms with Gasteiger partial charge in [-0.05, 0) is 44.1 Å². The monoisotopic (exact) mass is 549 g/mol. The van der Waals surface area contributed by atoms with E-state index in [0.29, 0.717) is 71.5 Å². The molecule has 6 rings (SSSR count). The summed E-state index contributed by atoms with van der Waals surface area (Å²) in [6.45, 7) is 5.93. The minimum absolute atomic E-state index is 0.122. The Balaban J connectivity index is 1.14. The second kappa shape index (κ2) is 11.3. The molecular formula is C27H31N7O4S. The molecule has 4 heterocycles. The second-order valence-corrected chi connectivity index (χ2v) is 11.0. The lowest BCUT2D eigenvalue weighted by Gasteiger charge is -2.27. The van der Waals surface area contributed by atoms with Crippen molar-refractivity contribution in [3.63, 3.8) is 0 Å². The van der Waals surface area contributed by atoms with Crippen molar-refractivity contribution in [3.05, 3.63) is 46.3 Å². The number of urea groups is 1. The standard InChI is InChI=1S/C27H31N7O4S/c35-25-21-17(5-4-6-18(21)29-27(37)32-34-13-15-38-16-14-34)23-22(25)24(31-30-23)19-7-8-20(39-19)26(36)28-9-12-33-10-2-1-3-11-33/h4-8H,1-3,9-16H2,(H,28,36)(H,30,31)(H2,29,32,37). The minimum atomic E-state index is -0.416. The third kappa shape index (κ3) is 5.33. The fourth-order valence-corrected chi connectivity index (χ4v) is 6.24. The van der Waals surface area contributed by atoms with Crippen LogP contribution in [-0.2, 0) is 4.74 Å². The zero-order valence-electron chi connectivity index (χ0n) is 21.5. The highest BCUT2D eigenvalue weighted by Gasteiger charge is 2.35. The first-order chi connectivity index (χ1) is 19.1. The summed E-state index contributed by atoms with van der Waals surface area (Å²) in [5.74, 6) is -0.338. The van der Waals surface area contributed by atoms with Crippen molar-refractivity contribution in [3.8, 4) is 21.8 Å². The maximum absolute atomic E-state index is 13.6. The number of fused-ring (bicyclic) bond motifs is 3. The van der Waals surface area contributed by atoms with Crippen molar-refractivity contribution < 1.29 is 19.1 Å². The summed E-state index contributed by atoms with van der Waals surface area (Å²) in [7, 11) is 0. The van der Waals surface area contributed by atoms with Gasteiger partial charge in [-0.1, -0.05) is 18.6 Å². The number of amides is 3. The third-order valence-corrected chi connectivity index (χ3v) is 8.39. The molecule has 2 fully saturated rings.